The van der Waals surface area contributed by atoms with Crippen LogP contribution in [-0.2, 0) is 4.79 Å². The normalized spacial score (nSPS) is 45.6. The van der Waals surface area contributed by atoms with Crippen molar-refractivity contribution in [3.63, 3.8) is 0 Å². The Morgan fingerprint density at radius 1 is 0.967 bits per heavy atom. The summed E-state index contributed by atoms with van der Waals surface area (Å²) in [5.74, 6) is 9.27. The zero-order valence-electron chi connectivity index (χ0n) is 21.0. The predicted octanol–water partition coefficient (Wildman–Crippen LogP) is 8.17. The van der Waals surface area contributed by atoms with Crippen LogP contribution in [0, 0.1) is 64.6 Å². The molecule has 4 rings (SSSR count). The summed E-state index contributed by atoms with van der Waals surface area (Å²) in [6.45, 7) is 14.9. The third kappa shape index (κ3) is 3.94. The SMILES string of the molecule is CC[C@H](CC[C@@H](C)[C@H]1CC[C@H]2[C@@H]3CC[C@H]4CC(=O)C[C@@H](C)[C@@H]4[C@H]3CC[C@]12C)C(C)C. The molecule has 0 bridgehead atoms. The lowest BCUT2D eigenvalue weighted by atomic mass is 9.48. The highest BCUT2D eigenvalue weighted by Gasteiger charge is 2.58. The fourth-order valence-electron chi connectivity index (χ4n) is 9.82. The first-order valence-corrected chi connectivity index (χ1v) is 13.8. The number of carbonyl (C=O) groups excluding carboxylic acids is 1. The molecule has 4 saturated carbocycles. The molecule has 0 heterocycles. The van der Waals surface area contributed by atoms with Crippen molar-refractivity contribution in [1.82, 2.24) is 0 Å². The van der Waals surface area contributed by atoms with Crippen LogP contribution in [0.1, 0.15) is 112 Å². The summed E-state index contributed by atoms with van der Waals surface area (Å²) in [7, 11) is 0. The molecule has 0 aromatic rings. The Labute approximate surface area is 187 Å². The van der Waals surface area contributed by atoms with Gasteiger partial charge in [-0.05, 0) is 110 Å². The van der Waals surface area contributed by atoms with Crippen LogP contribution in [0.5, 0.6) is 0 Å². The summed E-state index contributed by atoms with van der Waals surface area (Å²) in [5.41, 5.74) is 0.598. The van der Waals surface area contributed by atoms with Gasteiger partial charge in [0, 0.05) is 12.8 Å². The molecule has 0 N–H and O–H groups in total. The van der Waals surface area contributed by atoms with E-state index in [9.17, 15) is 4.79 Å². The second kappa shape index (κ2) is 8.90. The van der Waals surface area contributed by atoms with E-state index in [0.717, 1.165) is 66.1 Å². The quantitative estimate of drug-likeness (QED) is 0.428. The molecule has 1 nitrogen and oxygen atoms in total. The van der Waals surface area contributed by atoms with Gasteiger partial charge in [-0.1, -0.05) is 54.4 Å². The van der Waals surface area contributed by atoms with E-state index in [-0.39, 0.29) is 0 Å². The minimum atomic E-state index is 0.560. The maximum atomic E-state index is 12.2. The van der Waals surface area contributed by atoms with Gasteiger partial charge in [-0.15, -0.1) is 0 Å². The van der Waals surface area contributed by atoms with Crippen LogP contribution < -0.4 is 0 Å². The molecule has 0 radical (unpaired) electrons. The van der Waals surface area contributed by atoms with Crippen LogP contribution in [0.25, 0.3) is 0 Å². The maximum Gasteiger partial charge on any atom is 0.133 e. The van der Waals surface area contributed by atoms with E-state index < -0.39 is 0 Å². The molecular formula is C29H50O. The molecule has 4 fully saturated rings. The molecule has 0 aliphatic heterocycles. The van der Waals surface area contributed by atoms with Gasteiger partial charge in [0.1, 0.15) is 5.78 Å². The first-order valence-electron chi connectivity index (χ1n) is 13.8. The summed E-state index contributed by atoms with van der Waals surface area (Å²) >= 11 is 0. The van der Waals surface area contributed by atoms with Gasteiger partial charge in [0.25, 0.3) is 0 Å². The zero-order chi connectivity index (χ0) is 21.6. The molecule has 0 spiro atoms. The Kier molecular flexibility index (Phi) is 6.78. The summed E-state index contributed by atoms with van der Waals surface area (Å²) in [4.78, 5) is 12.2. The predicted molar refractivity (Wildman–Crippen MR) is 127 cm³/mol. The minimum absolute atomic E-state index is 0.560. The van der Waals surface area contributed by atoms with Crippen LogP contribution in [0.3, 0.4) is 0 Å². The third-order valence-corrected chi connectivity index (χ3v) is 11.3. The molecule has 0 saturated heterocycles. The van der Waals surface area contributed by atoms with Crippen molar-refractivity contribution in [3.05, 3.63) is 0 Å². The summed E-state index contributed by atoms with van der Waals surface area (Å²) in [5, 5.41) is 0. The van der Waals surface area contributed by atoms with Crippen LogP contribution in [0.4, 0.5) is 0 Å². The van der Waals surface area contributed by atoms with Crippen LogP contribution >= 0.6 is 0 Å². The molecule has 1 heteroatoms. The highest BCUT2D eigenvalue weighted by Crippen LogP contribution is 2.66. The lowest BCUT2D eigenvalue weighted by molar-refractivity contribution is -0.132. The fraction of sp³-hybridized carbons (Fsp3) is 0.966. The summed E-state index contributed by atoms with van der Waals surface area (Å²) in [6.07, 6.45) is 14.7. The topological polar surface area (TPSA) is 17.1 Å². The zero-order valence-corrected chi connectivity index (χ0v) is 21.0. The van der Waals surface area contributed by atoms with E-state index in [1.165, 1.54) is 57.8 Å². The molecule has 10 atom stereocenters. The number of ketones is 1. The molecule has 0 unspecified atom stereocenters. The van der Waals surface area contributed by atoms with E-state index in [0.29, 0.717) is 17.1 Å². The van der Waals surface area contributed by atoms with Crippen molar-refractivity contribution in [2.75, 3.05) is 0 Å². The van der Waals surface area contributed by atoms with Gasteiger partial charge in [0.2, 0.25) is 0 Å². The van der Waals surface area contributed by atoms with E-state index in [1.807, 2.05) is 0 Å². The average Bonchev–Trinajstić information content (AvgIpc) is 3.04. The van der Waals surface area contributed by atoms with Crippen LogP contribution in [0.2, 0.25) is 0 Å². The van der Waals surface area contributed by atoms with Gasteiger partial charge in [0.05, 0.1) is 0 Å². The number of Topliss-reactive ketones (excluding diaryl/α,β-unsaturated/α-hetero) is 1. The van der Waals surface area contributed by atoms with E-state index in [4.69, 9.17) is 0 Å². The van der Waals surface area contributed by atoms with Crippen molar-refractivity contribution in [2.24, 2.45) is 64.6 Å². The Hall–Kier alpha value is -0.330. The first kappa shape index (κ1) is 22.8. The third-order valence-electron chi connectivity index (χ3n) is 11.3. The number of hydrogen-bond acceptors (Lipinski definition) is 1. The molecule has 0 aromatic carbocycles. The second-order valence-electron chi connectivity index (χ2n) is 13.0. The van der Waals surface area contributed by atoms with E-state index in [2.05, 4.69) is 41.5 Å². The Balaban J connectivity index is 1.44. The van der Waals surface area contributed by atoms with Crippen molar-refractivity contribution >= 4 is 5.78 Å². The standard InChI is InChI=1S/C29H50O/c1-7-21(18(2)3)9-8-19(4)26-12-13-27-24-11-10-22-17-23(30)16-20(5)28(22)25(24)14-15-29(26,27)6/h18-22,24-28H,7-17H2,1-6H3/t19-,20-,21-,22+,24-,25+,26-,27+,28+,29-/m1/s1. The molecule has 0 aromatic heterocycles. The van der Waals surface area contributed by atoms with Crippen LogP contribution in [0.15, 0.2) is 0 Å². The second-order valence-corrected chi connectivity index (χ2v) is 13.0. The molecule has 0 amide bonds. The van der Waals surface area contributed by atoms with Gasteiger partial charge in [-0.2, -0.15) is 0 Å². The monoisotopic (exact) mass is 414 g/mol. The Bertz CT molecular complexity index is 607. The van der Waals surface area contributed by atoms with Crippen molar-refractivity contribution in [1.29, 1.82) is 0 Å². The molecule has 4 aliphatic carbocycles. The number of carbonyl (C=O) groups is 1. The molecule has 4 aliphatic rings. The first-order chi connectivity index (χ1) is 14.3. The Morgan fingerprint density at radius 2 is 1.73 bits per heavy atom. The summed E-state index contributed by atoms with van der Waals surface area (Å²) in [6, 6.07) is 0. The van der Waals surface area contributed by atoms with Crippen molar-refractivity contribution in [2.45, 2.75) is 112 Å². The van der Waals surface area contributed by atoms with E-state index >= 15 is 0 Å². The van der Waals surface area contributed by atoms with E-state index in [1.54, 1.807) is 0 Å². The lowest BCUT2D eigenvalue weighted by Gasteiger charge is -2.57. The lowest BCUT2D eigenvalue weighted by Crippen LogP contribution is -2.51. The van der Waals surface area contributed by atoms with Gasteiger partial charge >= 0.3 is 0 Å². The average molecular weight is 415 g/mol. The fourth-order valence-corrected chi connectivity index (χ4v) is 9.82. The number of hydrogen-bond donors (Lipinski definition) is 0. The molecule has 30 heavy (non-hydrogen) atoms. The van der Waals surface area contributed by atoms with Gasteiger partial charge in [-0.25, -0.2) is 0 Å². The number of rotatable bonds is 6. The molecular weight excluding hydrogens is 364 g/mol. The minimum Gasteiger partial charge on any atom is -0.300 e. The van der Waals surface area contributed by atoms with Crippen molar-refractivity contribution < 1.29 is 4.79 Å². The van der Waals surface area contributed by atoms with Gasteiger partial charge < -0.3 is 0 Å². The highest BCUT2D eigenvalue weighted by atomic mass is 16.1. The Morgan fingerprint density at radius 3 is 2.43 bits per heavy atom. The highest BCUT2D eigenvalue weighted by molar-refractivity contribution is 5.79. The maximum absolute atomic E-state index is 12.2. The smallest absolute Gasteiger partial charge is 0.133 e. The van der Waals surface area contributed by atoms with Gasteiger partial charge in [0.15, 0.2) is 0 Å². The van der Waals surface area contributed by atoms with Crippen molar-refractivity contribution in [3.8, 4) is 0 Å². The number of fused-ring (bicyclic) bond motifs is 5. The van der Waals surface area contributed by atoms with Gasteiger partial charge in [-0.3, -0.25) is 4.79 Å². The van der Waals surface area contributed by atoms with Crippen LogP contribution in [-0.4, -0.2) is 5.78 Å². The largest absolute Gasteiger partial charge is 0.300 e. The summed E-state index contributed by atoms with van der Waals surface area (Å²) < 4.78 is 0. The molecule has 172 valence electrons.